The maximum atomic E-state index is 10.9. The summed E-state index contributed by atoms with van der Waals surface area (Å²) in [5, 5.41) is 10.9. The molecule has 1 rings (SSSR count). The Morgan fingerprint density at radius 3 is 1.74 bits per heavy atom. The number of aliphatic hydroxyl groups is 1. The molecule has 158 valence electrons. The fraction of sp³-hybridized carbons (Fsp3) is 0.750. The zero-order chi connectivity index (χ0) is 19.3. The van der Waals surface area contributed by atoms with E-state index in [1.165, 1.54) is 64.2 Å². The minimum atomic E-state index is -0.376. The van der Waals surface area contributed by atoms with Crippen LogP contribution < -0.4 is 12.4 Å². The summed E-state index contributed by atoms with van der Waals surface area (Å²) in [5.74, 6) is 0. The van der Waals surface area contributed by atoms with Gasteiger partial charge in [0.05, 0.1) is 20.6 Å². The van der Waals surface area contributed by atoms with Gasteiger partial charge in [0.1, 0.15) is 12.1 Å². The predicted octanol–water partition coefficient (Wildman–Crippen LogP) is 3.50. The van der Waals surface area contributed by atoms with Gasteiger partial charge >= 0.3 is 0 Å². The molecule has 0 saturated heterocycles. The first-order valence-corrected chi connectivity index (χ1v) is 11.1. The summed E-state index contributed by atoms with van der Waals surface area (Å²) >= 11 is 0. The summed E-state index contributed by atoms with van der Waals surface area (Å²) in [4.78, 5) is 0. The first kappa shape index (κ1) is 26.4. The third-order valence-corrected chi connectivity index (χ3v) is 5.91. The highest BCUT2D eigenvalue weighted by molar-refractivity contribution is 5.18. The Morgan fingerprint density at radius 2 is 1.26 bits per heavy atom. The molecule has 1 aromatic carbocycles. The van der Waals surface area contributed by atoms with E-state index in [4.69, 9.17) is 0 Å². The average Bonchev–Trinajstić information content (AvgIpc) is 2.64. The Labute approximate surface area is 175 Å². The van der Waals surface area contributed by atoms with Crippen molar-refractivity contribution in [3.63, 3.8) is 0 Å². The Balaban J connectivity index is 0.00000676. The van der Waals surface area contributed by atoms with Gasteiger partial charge in [0.2, 0.25) is 0 Å². The molecule has 0 fully saturated rings. The lowest BCUT2D eigenvalue weighted by Crippen LogP contribution is -3.00. The Bertz CT molecular complexity index is 449. The molecular weight excluding hydrogens is 354 g/mol. The van der Waals surface area contributed by atoms with Crippen LogP contribution in [0.5, 0.6) is 0 Å². The molecule has 1 aromatic rings. The Hall–Kier alpha value is -0.570. The SMILES string of the molecule is CCCCCCCCCCCC[N+](C)(C)C(CC)C(O)c1ccccc1.[Cl-]. The highest BCUT2D eigenvalue weighted by Gasteiger charge is 2.33. The maximum Gasteiger partial charge on any atom is 0.131 e. The molecule has 2 nitrogen and oxygen atoms in total. The third-order valence-electron chi connectivity index (χ3n) is 5.91. The molecule has 0 heterocycles. The van der Waals surface area contributed by atoms with Gasteiger partial charge in [0.25, 0.3) is 0 Å². The van der Waals surface area contributed by atoms with E-state index in [1.807, 2.05) is 30.3 Å². The molecule has 27 heavy (non-hydrogen) atoms. The molecule has 2 unspecified atom stereocenters. The van der Waals surface area contributed by atoms with Crippen molar-refractivity contribution in [3.05, 3.63) is 35.9 Å². The van der Waals surface area contributed by atoms with E-state index in [0.29, 0.717) is 0 Å². The number of rotatable bonds is 15. The number of nitrogens with zero attached hydrogens (tertiary/aromatic N) is 1. The van der Waals surface area contributed by atoms with Crippen LogP contribution in [0.3, 0.4) is 0 Å². The quantitative estimate of drug-likeness (QED) is 0.354. The fourth-order valence-electron chi connectivity index (χ4n) is 4.14. The van der Waals surface area contributed by atoms with Crippen molar-refractivity contribution in [2.45, 2.75) is 96.6 Å². The van der Waals surface area contributed by atoms with Gasteiger partial charge in [0.15, 0.2) is 0 Å². The molecule has 0 aliphatic rings. The second kappa shape index (κ2) is 15.4. The summed E-state index contributed by atoms with van der Waals surface area (Å²) in [7, 11) is 4.57. The number of aliphatic hydroxyl groups excluding tert-OH is 1. The second-order valence-corrected chi connectivity index (χ2v) is 8.52. The number of benzene rings is 1. The molecule has 1 N–H and O–H groups in total. The molecule has 0 bridgehead atoms. The summed E-state index contributed by atoms with van der Waals surface area (Å²) in [6.07, 6.45) is 14.4. The lowest BCUT2D eigenvalue weighted by Gasteiger charge is -2.40. The van der Waals surface area contributed by atoms with Gasteiger partial charge in [-0.2, -0.15) is 0 Å². The van der Waals surface area contributed by atoms with Crippen LogP contribution >= 0.6 is 0 Å². The Morgan fingerprint density at radius 1 is 0.778 bits per heavy atom. The average molecular weight is 398 g/mol. The summed E-state index contributed by atoms with van der Waals surface area (Å²) in [6, 6.07) is 10.4. The van der Waals surface area contributed by atoms with Crippen molar-refractivity contribution in [2.24, 2.45) is 0 Å². The van der Waals surface area contributed by atoms with Crippen LogP contribution in [0.1, 0.15) is 96.1 Å². The molecule has 0 aliphatic heterocycles. The molecule has 2 atom stereocenters. The van der Waals surface area contributed by atoms with Gasteiger partial charge in [-0.3, -0.25) is 0 Å². The van der Waals surface area contributed by atoms with Gasteiger partial charge in [-0.15, -0.1) is 0 Å². The van der Waals surface area contributed by atoms with Crippen LogP contribution in [-0.4, -0.2) is 36.3 Å². The van der Waals surface area contributed by atoms with E-state index in [9.17, 15) is 5.11 Å². The highest BCUT2D eigenvalue weighted by Crippen LogP contribution is 2.27. The van der Waals surface area contributed by atoms with E-state index in [1.54, 1.807) is 0 Å². The van der Waals surface area contributed by atoms with Gasteiger partial charge in [0, 0.05) is 0 Å². The van der Waals surface area contributed by atoms with Crippen LogP contribution in [-0.2, 0) is 0 Å². The first-order valence-electron chi connectivity index (χ1n) is 11.1. The Kier molecular flexibility index (Phi) is 15.0. The van der Waals surface area contributed by atoms with E-state index < -0.39 is 0 Å². The van der Waals surface area contributed by atoms with Crippen LogP contribution in [0.25, 0.3) is 0 Å². The lowest BCUT2D eigenvalue weighted by atomic mass is 9.97. The highest BCUT2D eigenvalue weighted by atomic mass is 35.5. The molecule has 0 radical (unpaired) electrons. The van der Waals surface area contributed by atoms with Crippen molar-refractivity contribution in [2.75, 3.05) is 20.6 Å². The van der Waals surface area contributed by atoms with E-state index >= 15 is 0 Å². The second-order valence-electron chi connectivity index (χ2n) is 8.52. The number of unbranched alkanes of at least 4 members (excludes halogenated alkanes) is 9. The van der Waals surface area contributed by atoms with E-state index in [2.05, 4.69) is 27.9 Å². The van der Waals surface area contributed by atoms with Crippen molar-refractivity contribution in [1.29, 1.82) is 0 Å². The normalized spacial score (nSPS) is 13.8. The molecule has 0 aromatic heterocycles. The fourth-order valence-corrected chi connectivity index (χ4v) is 4.14. The number of quaternary nitrogens is 1. The molecule has 0 amide bonds. The number of likely N-dealkylation sites (N-methyl/N-ethyl adjacent to an activating group) is 1. The van der Waals surface area contributed by atoms with Crippen LogP contribution in [0.4, 0.5) is 0 Å². The topological polar surface area (TPSA) is 20.2 Å². The third kappa shape index (κ3) is 10.5. The smallest absolute Gasteiger partial charge is 0.131 e. The van der Waals surface area contributed by atoms with Crippen LogP contribution in [0.15, 0.2) is 30.3 Å². The number of halogens is 1. The lowest BCUT2D eigenvalue weighted by molar-refractivity contribution is -0.919. The summed E-state index contributed by atoms with van der Waals surface area (Å²) < 4.78 is 0.906. The largest absolute Gasteiger partial charge is 1.00 e. The van der Waals surface area contributed by atoms with Crippen LogP contribution in [0.2, 0.25) is 0 Å². The zero-order valence-corrected chi connectivity index (χ0v) is 19.1. The van der Waals surface area contributed by atoms with Crippen molar-refractivity contribution in [3.8, 4) is 0 Å². The standard InChI is InChI=1S/C24H44NO.ClH/c1-5-7-8-9-10-11-12-13-14-18-21-25(3,4)23(6-2)24(26)22-19-16-15-17-20-22;/h15-17,19-20,23-24,26H,5-14,18,21H2,1-4H3;1H/q+1;/p-1. The van der Waals surface area contributed by atoms with Gasteiger partial charge < -0.3 is 22.0 Å². The molecule has 0 saturated carbocycles. The molecule has 0 spiro atoms. The maximum absolute atomic E-state index is 10.9. The van der Waals surface area contributed by atoms with Gasteiger partial charge in [-0.05, 0) is 24.8 Å². The number of hydrogen-bond acceptors (Lipinski definition) is 1. The zero-order valence-electron chi connectivity index (χ0n) is 18.3. The monoisotopic (exact) mass is 397 g/mol. The first-order chi connectivity index (χ1) is 12.5. The van der Waals surface area contributed by atoms with Crippen molar-refractivity contribution in [1.82, 2.24) is 0 Å². The van der Waals surface area contributed by atoms with Crippen LogP contribution in [0, 0.1) is 0 Å². The van der Waals surface area contributed by atoms with E-state index in [-0.39, 0.29) is 24.6 Å². The molecule has 0 aliphatic carbocycles. The predicted molar refractivity (Wildman–Crippen MR) is 114 cm³/mol. The summed E-state index contributed by atoms with van der Waals surface area (Å²) in [6.45, 7) is 5.64. The minimum Gasteiger partial charge on any atom is -1.00 e. The van der Waals surface area contributed by atoms with Gasteiger partial charge in [-0.1, -0.05) is 95.5 Å². The van der Waals surface area contributed by atoms with Crippen molar-refractivity contribution < 1.29 is 22.0 Å². The van der Waals surface area contributed by atoms with Gasteiger partial charge in [-0.25, -0.2) is 0 Å². The number of hydrogen-bond donors (Lipinski definition) is 1. The minimum absolute atomic E-state index is 0. The van der Waals surface area contributed by atoms with Crippen molar-refractivity contribution >= 4 is 0 Å². The molecular formula is C24H44ClNO. The molecule has 3 heteroatoms. The van der Waals surface area contributed by atoms with E-state index in [0.717, 1.165) is 23.0 Å². The summed E-state index contributed by atoms with van der Waals surface area (Å²) in [5.41, 5.74) is 1.05.